The quantitative estimate of drug-likeness (QED) is 0.802. The van der Waals surface area contributed by atoms with Crippen LogP contribution in [-0.4, -0.2) is 45.0 Å². The smallest absolute Gasteiger partial charge is 0.240 e. The molecule has 1 amide bonds. The summed E-state index contributed by atoms with van der Waals surface area (Å²) in [5, 5.41) is 3.96. The predicted molar refractivity (Wildman–Crippen MR) is 100 cm³/mol. The summed E-state index contributed by atoms with van der Waals surface area (Å²) in [6.45, 7) is 3.41. The molecule has 0 bridgehead atoms. The largest absolute Gasteiger partial charge is 0.338 e. The molecule has 0 atom stereocenters. The highest BCUT2D eigenvalue weighted by molar-refractivity contribution is 5.79. The second-order valence-corrected chi connectivity index (χ2v) is 7.54. The Morgan fingerprint density at radius 3 is 2.56 bits per heavy atom. The van der Waals surface area contributed by atoms with E-state index in [4.69, 9.17) is 10.3 Å². The van der Waals surface area contributed by atoms with Crippen molar-refractivity contribution in [3.63, 3.8) is 0 Å². The van der Waals surface area contributed by atoms with Crippen molar-refractivity contribution in [2.24, 2.45) is 11.7 Å². The second-order valence-electron chi connectivity index (χ2n) is 7.54. The van der Waals surface area contributed by atoms with Crippen LogP contribution in [0.3, 0.4) is 0 Å². The van der Waals surface area contributed by atoms with Crippen LogP contribution >= 0.6 is 0 Å². The van der Waals surface area contributed by atoms with E-state index in [1.807, 2.05) is 18.2 Å². The molecule has 1 aliphatic heterocycles. The van der Waals surface area contributed by atoms with E-state index in [0.29, 0.717) is 30.2 Å². The highest BCUT2D eigenvalue weighted by atomic mass is 16.5. The minimum absolute atomic E-state index is 0.121. The zero-order chi connectivity index (χ0) is 18.6. The number of carbonyl (C=O) groups is 1. The van der Waals surface area contributed by atoms with Gasteiger partial charge in [0, 0.05) is 18.5 Å². The van der Waals surface area contributed by atoms with Gasteiger partial charge < -0.3 is 15.2 Å². The van der Waals surface area contributed by atoms with Crippen molar-refractivity contribution in [2.75, 3.05) is 13.1 Å². The van der Waals surface area contributed by atoms with Crippen molar-refractivity contribution in [3.8, 4) is 0 Å². The Hall–Kier alpha value is -2.25. The van der Waals surface area contributed by atoms with Gasteiger partial charge in [0.2, 0.25) is 11.8 Å². The summed E-state index contributed by atoms with van der Waals surface area (Å²) in [6, 6.07) is 10.7. The van der Waals surface area contributed by atoms with Crippen molar-refractivity contribution >= 4 is 5.91 Å². The second kappa shape index (κ2) is 8.19. The lowest BCUT2D eigenvalue weighted by Crippen LogP contribution is -2.43. The number of piperidine rings is 1. The fourth-order valence-corrected chi connectivity index (χ4v) is 3.76. The van der Waals surface area contributed by atoms with E-state index in [2.05, 4.69) is 32.1 Å². The normalized spacial score (nSPS) is 18.6. The van der Waals surface area contributed by atoms with Crippen LogP contribution in [0.5, 0.6) is 0 Å². The topological polar surface area (TPSA) is 88.5 Å². The highest BCUT2D eigenvalue weighted by Gasteiger charge is 2.37. The molecule has 1 aliphatic carbocycles. The lowest BCUT2D eigenvalue weighted by atomic mass is 9.95. The van der Waals surface area contributed by atoms with Crippen LogP contribution in [0.4, 0.5) is 0 Å². The minimum Gasteiger partial charge on any atom is -0.338 e. The Kier molecular flexibility index (Phi) is 5.50. The van der Waals surface area contributed by atoms with E-state index in [9.17, 15) is 4.79 Å². The van der Waals surface area contributed by atoms with Crippen LogP contribution in [0.1, 0.15) is 43.0 Å². The fourth-order valence-electron chi connectivity index (χ4n) is 3.76. The summed E-state index contributed by atoms with van der Waals surface area (Å²) in [5.41, 5.74) is 6.72. The molecule has 7 nitrogen and oxygen atoms in total. The van der Waals surface area contributed by atoms with Gasteiger partial charge in [-0.15, -0.1) is 0 Å². The van der Waals surface area contributed by atoms with Crippen molar-refractivity contribution < 1.29 is 9.32 Å². The summed E-state index contributed by atoms with van der Waals surface area (Å²) in [4.78, 5) is 21.8. The van der Waals surface area contributed by atoms with Gasteiger partial charge in [-0.2, -0.15) is 4.98 Å². The Labute approximate surface area is 159 Å². The third-order valence-electron chi connectivity index (χ3n) is 5.45. The monoisotopic (exact) mass is 369 g/mol. The third kappa shape index (κ3) is 4.54. The van der Waals surface area contributed by atoms with E-state index in [-0.39, 0.29) is 12.5 Å². The molecule has 1 aromatic heterocycles. The van der Waals surface area contributed by atoms with Gasteiger partial charge in [0.1, 0.15) is 0 Å². The van der Waals surface area contributed by atoms with Crippen molar-refractivity contribution in [2.45, 2.75) is 51.4 Å². The minimum atomic E-state index is 0.121. The van der Waals surface area contributed by atoms with Gasteiger partial charge in [0.25, 0.3) is 0 Å². The standard InChI is InChI=1S/C20H27N5O2/c21-12-19-22-18(23-27-19)14-24-10-8-16(9-11-24)20(26)25(17-6-7-17)13-15-4-2-1-3-5-15/h1-5,16-17H,6-14,21H2. The molecule has 2 aromatic rings. The molecule has 0 unspecified atom stereocenters. The number of amides is 1. The first-order chi connectivity index (χ1) is 13.2. The van der Waals surface area contributed by atoms with E-state index in [0.717, 1.165) is 45.3 Å². The van der Waals surface area contributed by atoms with Crippen LogP contribution in [-0.2, 0) is 24.4 Å². The summed E-state index contributed by atoms with van der Waals surface area (Å²) < 4.78 is 5.06. The molecular weight excluding hydrogens is 342 g/mol. The zero-order valence-corrected chi connectivity index (χ0v) is 15.6. The van der Waals surface area contributed by atoms with Crippen LogP contribution in [0, 0.1) is 5.92 Å². The number of benzene rings is 1. The first kappa shape index (κ1) is 18.1. The van der Waals surface area contributed by atoms with Gasteiger partial charge >= 0.3 is 0 Å². The first-order valence-corrected chi connectivity index (χ1v) is 9.81. The van der Waals surface area contributed by atoms with Gasteiger partial charge in [0.05, 0.1) is 13.1 Å². The van der Waals surface area contributed by atoms with E-state index >= 15 is 0 Å². The van der Waals surface area contributed by atoms with E-state index in [1.165, 1.54) is 5.56 Å². The molecule has 2 fully saturated rings. The number of carbonyl (C=O) groups excluding carboxylic acids is 1. The highest BCUT2D eigenvalue weighted by Crippen LogP contribution is 2.32. The van der Waals surface area contributed by atoms with Crippen molar-refractivity contribution in [3.05, 3.63) is 47.6 Å². The van der Waals surface area contributed by atoms with Gasteiger partial charge in [-0.3, -0.25) is 9.69 Å². The average molecular weight is 369 g/mol. The predicted octanol–water partition coefficient (Wildman–Crippen LogP) is 1.93. The number of rotatable bonds is 7. The molecule has 0 spiro atoms. The van der Waals surface area contributed by atoms with Crippen molar-refractivity contribution in [1.29, 1.82) is 0 Å². The lowest BCUT2D eigenvalue weighted by molar-refractivity contribution is -0.138. The molecule has 7 heteroatoms. The van der Waals surface area contributed by atoms with Crippen LogP contribution in [0.2, 0.25) is 0 Å². The third-order valence-corrected chi connectivity index (χ3v) is 5.45. The summed E-state index contributed by atoms with van der Waals surface area (Å²) >= 11 is 0. The Balaban J connectivity index is 1.31. The molecular formula is C20H27N5O2. The molecule has 2 heterocycles. The lowest BCUT2D eigenvalue weighted by Gasteiger charge is -2.34. The van der Waals surface area contributed by atoms with Gasteiger partial charge in [-0.05, 0) is 44.3 Å². The SMILES string of the molecule is NCc1nc(CN2CCC(C(=O)N(Cc3ccccc3)C3CC3)CC2)no1. The molecule has 2 aliphatic rings. The Morgan fingerprint density at radius 1 is 1.19 bits per heavy atom. The molecule has 1 saturated carbocycles. The van der Waals surface area contributed by atoms with Crippen molar-refractivity contribution in [1.82, 2.24) is 19.9 Å². The van der Waals surface area contributed by atoms with Crippen LogP contribution in [0.25, 0.3) is 0 Å². The summed E-state index contributed by atoms with van der Waals surface area (Å²) in [5.74, 6) is 1.58. The number of hydrogen-bond donors (Lipinski definition) is 1. The number of nitrogens with two attached hydrogens (primary N) is 1. The molecule has 0 radical (unpaired) electrons. The number of likely N-dealkylation sites (tertiary alicyclic amines) is 1. The average Bonchev–Trinajstić information content (AvgIpc) is 3.46. The molecule has 1 saturated heterocycles. The zero-order valence-electron chi connectivity index (χ0n) is 15.6. The summed E-state index contributed by atoms with van der Waals surface area (Å²) in [6.07, 6.45) is 4.05. The Bertz CT molecular complexity index is 751. The van der Waals surface area contributed by atoms with E-state index in [1.54, 1.807) is 0 Å². The number of aromatic nitrogens is 2. The summed E-state index contributed by atoms with van der Waals surface area (Å²) in [7, 11) is 0. The number of hydrogen-bond acceptors (Lipinski definition) is 6. The number of nitrogens with zero attached hydrogens (tertiary/aromatic N) is 4. The molecule has 4 rings (SSSR count). The fraction of sp³-hybridized carbons (Fsp3) is 0.550. The van der Waals surface area contributed by atoms with Gasteiger partial charge in [-0.25, -0.2) is 0 Å². The maximum absolute atomic E-state index is 13.1. The maximum Gasteiger partial charge on any atom is 0.240 e. The van der Waals surface area contributed by atoms with Crippen LogP contribution < -0.4 is 5.73 Å². The Morgan fingerprint density at radius 2 is 1.93 bits per heavy atom. The molecule has 2 N–H and O–H groups in total. The van der Waals surface area contributed by atoms with Gasteiger partial charge in [0.15, 0.2) is 5.82 Å². The van der Waals surface area contributed by atoms with Crippen LogP contribution in [0.15, 0.2) is 34.9 Å². The first-order valence-electron chi connectivity index (χ1n) is 9.81. The van der Waals surface area contributed by atoms with E-state index < -0.39 is 0 Å². The molecule has 1 aromatic carbocycles. The van der Waals surface area contributed by atoms with Gasteiger partial charge in [-0.1, -0.05) is 35.5 Å². The maximum atomic E-state index is 13.1. The molecule has 27 heavy (non-hydrogen) atoms. The molecule has 144 valence electrons.